The van der Waals surface area contributed by atoms with E-state index in [-0.39, 0.29) is 0 Å². The van der Waals surface area contributed by atoms with Crippen LogP contribution in [0.2, 0.25) is 0 Å². The second kappa shape index (κ2) is 4.94. The quantitative estimate of drug-likeness (QED) is 0.666. The van der Waals surface area contributed by atoms with Crippen molar-refractivity contribution in [2.75, 3.05) is 13.2 Å². The number of allylic oxidation sites excluding steroid dienone is 1. The Morgan fingerprint density at radius 1 is 1.27 bits per heavy atom. The Kier molecular flexibility index (Phi) is 3.36. The lowest BCUT2D eigenvalue weighted by atomic mass is 10.00. The molecule has 1 heterocycles. The van der Waals surface area contributed by atoms with E-state index in [1.165, 1.54) is 11.1 Å². The van der Waals surface area contributed by atoms with Crippen LogP contribution in [0.1, 0.15) is 12.5 Å². The maximum atomic E-state index is 5.47. The van der Waals surface area contributed by atoms with Gasteiger partial charge in [0, 0.05) is 5.92 Å². The molecule has 1 fully saturated rings. The molecule has 1 atom stereocenters. The Bertz CT molecular complexity index is 362. The summed E-state index contributed by atoms with van der Waals surface area (Å²) in [4.78, 5) is 0. The van der Waals surface area contributed by atoms with Crippen molar-refractivity contribution in [3.05, 3.63) is 53.6 Å². The monoisotopic (exact) mass is 200 g/mol. The molecule has 0 unspecified atom stereocenters. The van der Waals surface area contributed by atoms with Crippen molar-refractivity contribution in [2.24, 2.45) is 5.92 Å². The molecule has 0 N–H and O–H groups in total. The third-order valence-electron chi connectivity index (χ3n) is 2.62. The van der Waals surface area contributed by atoms with Crippen molar-refractivity contribution in [1.82, 2.24) is 0 Å². The van der Waals surface area contributed by atoms with Crippen LogP contribution >= 0.6 is 0 Å². The Hall–Kier alpha value is -1.34. The molecule has 0 saturated carbocycles. The van der Waals surface area contributed by atoms with Crippen LogP contribution in [0.15, 0.2) is 48.1 Å². The van der Waals surface area contributed by atoms with Crippen molar-refractivity contribution in [1.29, 1.82) is 0 Å². The lowest BCUT2D eigenvalue weighted by molar-refractivity contribution is 0.195. The summed E-state index contributed by atoms with van der Waals surface area (Å²) in [5.41, 5.74) is 2.63. The van der Waals surface area contributed by atoms with Crippen molar-refractivity contribution >= 4 is 6.08 Å². The number of hydrogen-bond acceptors (Lipinski definition) is 1. The average Bonchev–Trinajstić information content (AvgIpc) is 2.68. The Labute approximate surface area is 91.1 Å². The van der Waals surface area contributed by atoms with Crippen LogP contribution in [-0.2, 0) is 4.74 Å². The molecule has 0 spiro atoms. The van der Waals surface area contributed by atoms with E-state index in [4.69, 9.17) is 4.74 Å². The van der Waals surface area contributed by atoms with Crippen molar-refractivity contribution < 1.29 is 4.74 Å². The van der Waals surface area contributed by atoms with E-state index in [1.807, 2.05) is 6.07 Å². The predicted octanol–water partition coefficient (Wildman–Crippen LogP) is 3.29. The third kappa shape index (κ3) is 2.57. The molecular formula is C14H16O. The Balaban J connectivity index is 2.19. The predicted molar refractivity (Wildman–Crippen MR) is 63.5 cm³/mol. The number of ether oxygens (including phenoxy) is 1. The standard InChI is InChI=1S/C14H16O/c1-2-6-13-10-15-11-14(13)9-12-7-4-3-5-8-12/h2-9,13H,10-11H2,1H3/b6-2+,14-9-/t13-/m0/s1. The summed E-state index contributed by atoms with van der Waals surface area (Å²) in [6.45, 7) is 3.64. The van der Waals surface area contributed by atoms with Crippen LogP contribution in [0.5, 0.6) is 0 Å². The molecule has 1 saturated heterocycles. The number of hydrogen-bond donors (Lipinski definition) is 0. The van der Waals surface area contributed by atoms with Crippen LogP contribution in [0, 0.1) is 5.92 Å². The van der Waals surface area contributed by atoms with Crippen molar-refractivity contribution in [2.45, 2.75) is 6.92 Å². The van der Waals surface area contributed by atoms with Crippen LogP contribution in [-0.4, -0.2) is 13.2 Å². The molecule has 1 heteroatoms. The molecule has 1 aliphatic rings. The zero-order chi connectivity index (χ0) is 10.5. The fraction of sp³-hybridized carbons (Fsp3) is 0.286. The molecule has 0 aromatic heterocycles. The van der Waals surface area contributed by atoms with E-state index >= 15 is 0 Å². The Morgan fingerprint density at radius 2 is 2.07 bits per heavy atom. The van der Waals surface area contributed by atoms with Crippen molar-refractivity contribution in [3.8, 4) is 0 Å². The van der Waals surface area contributed by atoms with Crippen LogP contribution in [0.25, 0.3) is 6.08 Å². The van der Waals surface area contributed by atoms with E-state index in [0.717, 1.165) is 13.2 Å². The van der Waals surface area contributed by atoms with Crippen molar-refractivity contribution in [3.63, 3.8) is 0 Å². The third-order valence-corrected chi connectivity index (χ3v) is 2.62. The van der Waals surface area contributed by atoms with E-state index < -0.39 is 0 Å². The lowest BCUT2D eigenvalue weighted by Gasteiger charge is -2.03. The largest absolute Gasteiger partial charge is 0.376 e. The smallest absolute Gasteiger partial charge is 0.0687 e. The zero-order valence-electron chi connectivity index (χ0n) is 9.02. The van der Waals surface area contributed by atoms with Gasteiger partial charge in [-0.2, -0.15) is 0 Å². The van der Waals surface area contributed by atoms with Crippen LogP contribution in [0.4, 0.5) is 0 Å². The maximum absolute atomic E-state index is 5.47. The summed E-state index contributed by atoms with van der Waals surface area (Å²) >= 11 is 0. The molecule has 78 valence electrons. The van der Waals surface area contributed by atoms with Gasteiger partial charge >= 0.3 is 0 Å². The molecule has 1 nitrogen and oxygen atoms in total. The molecule has 0 bridgehead atoms. The van der Waals surface area contributed by atoms with Gasteiger partial charge in [0.2, 0.25) is 0 Å². The van der Waals surface area contributed by atoms with Gasteiger partial charge in [-0.05, 0) is 18.1 Å². The highest BCUT2D eigenvalue weighted by molar-refractivity contribution is 5.54. The molecule has 0 amide bonds. The number of rotatable bonds is 2. The van der Waals surface area contributed by atoms with Crippen LogP contribution < -0.4 is 0 Å². The summed E-state index contributed by atoms with van der Waals surface area (Å²) in [6.07, 6.45) is 6.54. The fourth-order valence-corrected chi connectivity index (χ4v) is 1.84. The zero-order valence-corrected chi connectivity index (χ0v) is 9.02. The van der Waals surface area contributed by atoms with Crippen LogP contribution in [0.3, 0.4) is 0 Å². The molecule has 0 radical (unpaired) electrons. The van der Waals surface area contributed by atoms with E-state index in [9.17, 15) is 0 Å². The molecule has 1 aromatic rings. The first-order valence-electron chi connectivity index (χ1n) is 5.36. The summed E-state index contributed by atoms with van der Waals surface area (Å²) in [5, 5.41) is 0. The minimum absolute atomic E-state index is 0.468. The molecule has 1 aliphatic heterocycles. The van der Waals surface area contributed by atoms with E-state index in [1.54, 1.807) is 0 Å². The van der Waals surface area contributed by atoms with Gasteiger partial charge in [0.1, 0.15) is 0 Å². The van der Waals surface area contributed by atoms with Gasteiger partial charge in [-0.1, -0.05) is 48.6 Å². The molecule has 2 rings (SSSR count). The second-order valence-electron chi connectivity index (χ2n) is 3.78. The molecule has 1 aromatic carbocycles. The summed E-state index contributed by atoms with van der Waals surface area (Å²) in [5.74, 6) is 0.468. The summed E-state index contributed by atoms with van der Waals surface area (Å²) < 4.78 is 5.47. The van der Waals surface area contributed by atoms with Gasteiger partial charge < -0.3 is 4.74 Å². The summed E-state index contributed by atoms with van der Waals surface area (Å²) in [7, 11) is 0. The lowest BCUT2D eigenvalue weighted by Crippen LogP contribution is -1.96. The minimum Gasteiger partial charge on any atom is -0.376 e. The molecule has 15 heavy (non-hydrogen) atoms. The SMILES string of the molecule is C/C=C/[C@H]1COC/C1=C/c1ccccc1. The average molecular weight is 200 g/mol. The number of benzene rings is 1. The highest BCUT2D eigenvalue weighted by Gasteiger charge is 2.18. The molecule has 0 aliphatic carbocycles. The van der Waals surface area contributed by atoms with Gasteiger partial charge in [-0.3, -0.25) is 0 Å². The normalized spacial score (nSPS) is 24.1. The highest BCUT2D eigenvalue weighted by atomic mass is 16.5. The first-order chi connectivity index (χ1) is 7.40. The first-order valence-corrected chi connectivity index (χ1v) is 5.36. The fourth-order valence-electron chi connectivity index (χ4n) is 1.84. The second-order valence-corrected chi connectivity index (χ2v) is 3.78. The van der Waals surface area contributed by atoms with Gasteiger partial charge in [0.25, 0.3) is 0 Å². The van der Waals surface area contributed by atoms with E-state index in [0.29, 0.717) is 5.92 Å². The van der Waals surface area contributed by atoms with Gasteiger partial charge in [-0.15, -0.1) is 0 Å². The highest BCUT2D eigenvalue weighted by Crippen LogP contribution is 2.23. The maximum Gasteiger partial charge on any atom is 0.0687 e. The first kappa shape index (κ1) is 10.2. The summed E-state index contributed by atoms with van der Waals surface area (Å²) in [6, 6.07) is 10.4. The minimum atomic E-state index is 0.468. The van der Waals surface area contributed by atoms with Gasteiger partial charge in [0.05, 0.1) is 13.2 Å². The molecular weight excluding hydrogens is 184 g/mol. The van der Waals surface area contributed by atoms with Gasteiger partial charge in [0.15, 0.2) is 0 Å². The van der Waals surface area contributed by atoms with Gasteiger partial charge in [-0.25, -0.2) is 0 Å². The van der Waals surface area contributed by atoms with E-state index in [2.05, 4.69) is 49.4 Å². The topological polar surface area (TPSA) is 9.23 Å². The Morgan fingerprint density at radius 3 is 2.80 bits per heavy atom.